The van der Waals surface area contributed by atoms with E-state index in [1.165, 1.54) is 24.4 Å². The van der Waals surface area contributed by atoms with Crippen molar-refractivity contribution in [1.82, 2.24) is 10.2 Å². The molecule has 0 aliphatic heterocycles. The Hall–Kier alpha value is -1.53. The number of benzene rings is 1. The average molecular weight is 298 g/mol. The molecule has 0 saturated carbocycles. The minimum Gasteiger partial charge on any atom is -0.437 e. The fourth-order valence-electron chi connectivity index (χ4n) is 1.24. The summed E-state index contributed by atoms with van der Waals surface area (Å²) in [5.41, 5.74) is 6.28. The quantitative estimate of drug-likeness (QED) is 0.946. The molecule has 0 saturated heterocycles. The molecule has 0 amide bonds. The highest BCUT2D eigenvalue weighted by atomic mass is 79.9. The number of hydrogen-bond donors (Lipinski definition) is 1. The van der Waals surface area contributed by atoms with Crippen molar-refractivity contribution in [2.24, 2.45) is 5.73 Å². The highest BCUT2D eigenvalue weighted by molar-refractivity contribution is 9.10. The maximum atomic E-state index is 13.0. The van der Waals surface area contributed by atoms with Crippen molar-refractivity contribution in [1.29, 1.82) is 0 Å². The fraction of sp³-hybridized carbons (Fsp3) is 0.0909. The van der Waals surface area contributed by atoms with Gasteiger partial charge in [-0.25, -0.2) is 4.39 Å². The second-order valence-corrected chi connectivity index (χ2v) is 4.10. The number of aromatic nitrogens is 2. The molecule has 0 unspecified atom stereocenters. The van der Waals surface area contributed by atoms with E-state index in [0.717, 1.165) is 5.56 Å². The van der Waals surface area contributed by atoms with E-state index in [4.69, 9.17) is 10.5 Å². The summed E-state index contributed by atoms with van der Waals surface area (Å²) in [4.78, 5) is 0. The van der Waals surface area contributed by atoms with Gasteiger partial charge in [0.1, 0.15) is 11.6 Å². The monoisotopic (exact) mass is 297 g/mol. The van der Waals surface area contributed by atoms with Crippen LogP contribution in [0.3, 0.4) is 0 Å². The highest BCUT2D eigenvalue weighted by Crippen LogP contribution is 2.26. The molecule has 88 valence electrons. The second-order valence-electron chi connectivity index (χ2n) is 3.24. The zero-order chi connectivity index (χ0) is 12.3. The van der Waals surface area contributed by atoms with E-state index in [1.807, 2.05) is 0 Å². The number of rotatable bonds is 3. The van der Waals surface area contributed by atoms with Crippen LogP contribution < -0.4 is 10.5 Å². The van der Waals surface area contributed by atoms with E-state index >= 15 is 0 Å². The highest BCUT2D eigenvalue weighted by Gasteiger charge is 2.07. The zero-order valence-corrected chi connectivity index (χ0v) is 10.3. The Kier molecular flexibility index (Phi) is 3.65. The van der Waals surface area contributed by atoms with Crippen LogP contribution in [0.5, 0.6) is 11.6 Å². The van der Waals surface area contributed by atoms with Crippen molar-refractivity contribution in [3.05, 3.63) is 46.3 Å². The van der Waals surface area contributed by atoms with Crippen LogP contribution >= 0.6 is 15.9 Å². The van der Waals surface area contributed by atoms with Crippen LogP contribution in [-0.4, -0.2) is 10.2 Å². The van der Waals surface area contributed by atoms with Gasteiger partial charge in [-0.3, -0.25) is 0 Å². The molecular formula is C11H9BrFN3O. The minimum atomic E-state index is -0.351. The lowest BCUT2D eigenvalue weighted by atomic mass is 10.3. The molecule has 1 aromatic heterocycles. The summed E-state index contributed by atoms with van der Waals surface area (Å²) in [5, 5.41) is 7.55. The Morgan fingerprint density at radius 1 is 1.35 bits per heavy atom. The van der Waals surface area contributed by atoms with Gasteiger partial charge < -0.3 is 10.5 Å². The predicted molar refractivity (Wildman–Crippen MR) is 64.1 cm³/mol. The first kappa shape index (κ1) is 11.9. The van der Waals surface area contributed by atoms with Gasteiger partial charge in [-0.2, -0.15) is 5.10 Å². The molecule has 6 heteroatoms. The molecule has 0 aliphatic rings. The number of halogens is 2. The summed E-state index contributed by atoms with van der Waals surface area (Å²) < 4.78 is 18.8. The third kappa shape index (κ3) is 2.78. The molecule has 0 spiro atoms. The molecule has 0 aliphatic carbocycles. The van der Waals surface area contributed by atoms with Crippen molar-refractivity contribution < 1.29 is 9.13 Å². The third-order valence-corrected chi connectivity index (χ3v) is 2.70. The summed E-state index contributed by atoms with van der Waals surface area (Å²) in [5.74, 6) is 0.442. The lowest BCUT2D eigenvalue weighted by Gasteiger charge is -2.07. The molecule has 0 atom stereocenters. The van der Waals surface area contributed by atoms with Crippen molar-refractivity contribution in [2.45, 2.75) is 6.54 Å². The summed E-state index contributed by atoms with van der Waals surface area (Å²) in [6, 6.07) is 6.05. The molecule has 2 rings (SSSR count). The predicted octanol–water partition coefficient (Wildman–Crippen LogP) is 2.63. The molecule has 2 aromatic rings. The maximum Gasteiger partial charge on any atom is 0.243 e. The summed E-state index contributed by atoms with van der Waals surface area (Å²) >= 11 is 3.08. The fourth-order valence-corrected chi connectivity index (χ4v) is 1.60. The van der Waals surface area contributed by atoms with Gasteiger partial charge in [0.2, 0.25) is 5.88 Å². The Bertz CT molecular complexity index is 536. The van der Waals surface area contributed by atoms with Gasteiger partial charge in [0, 0.05) is 12.1 Å². The lowest BCUT2D eigenvalue weighted by molar-refractivity contribution is 0.446. The first-order chi connectivity index (χ1) is 8.20. The number of nitrogens with two attached hydrogens (primary N) is 1. The van der Waals surface area contributed by atoms with E-state index < -0.39 is 0 Å². The van der Waals surface area contributed by atoms with Crippen LogP contribution in [0.15, 0.2) is 34.9 Å². The lowest BCUT2D eigenvalue weighted by Crippen LogP contribution is -2.02. The van der Waals surface area contributed by atoms with Gasteiger partial charge in [0.05, 0.1) is 10.7 Å². The van der Waals surface area contributed by atoms with Gasteiger partial charge in [0.25, 0.3) is 0 Å². The van der Waals surface area contributed by atoms with Crippen LogP contribution in [0.4, 0.5) is 4.39 Å². The maximum absolute atomic E-state index is 13.0. The third-order valence-electron chi connectivity index (χ3n) is 2.09. The molecule has 17 heavy (non-hydrogen) atoms. The Balaban J connectivity index is 2.28. The van der Waals surface area contributed by atoms with Crippen molar-refractivity contribution in [2.75, 3.05) is 0 Å². The molecule has 1 heterocycles. The molecule has 0 bridgehead atoms. The van der Waals surface area contributed by atoms with E-state index in [9.17, 15) is 4.39 Å². The number of ether oxygens (including phenoxy) is 1. The molecule has 4 nitrogen and oxygen atoms in total. The van der Waals surface area contributed by atoms with Crippen molar-refractivity contribution >= 4 is 15.9 Å². The van der Waals surface area contributed by atoms with Crippen molar-refractivity contribution in [3.63, 3.8) is 0 Å². The Morgan fingerprint density at radius 2 is 2.18 bits per heavy atom. The van der Waals surface area contributed by atoms with Gasteiger partial charge in [-0.15, -0.1) is 5.10 Å². The largest absolute Gasteiger partial charge is 0.437 e. The topological polar surface area (TPSA) is 61.0 Å². The summed E-state index contributed by atoms with van der Waals surface area (Å²) in [7, 11) is 0. The van der Waals surface area contributed by atoms with E-state index in [-0.39, 0.29) is 5.82 Å². The smallest absolute Gasteiger partial charge is 0.243 e. The summed E-state index contributed by atoms with van der Waals surface area (Å²) in [6.07, 6.45) is 1.54. The molecular weight excluding hydrogens is 289 g/mol. The first-order valence-corrected chi connectivity index (χ1v) is 5.63. The van der Waals surface area contributed by atoms with Crippen LogP contribution in [0.25, 0.3) is 0 Å². The number of nitrogens with zero attached hydrogens (tertiary/aromatic N) is 2. The normalized spacial score (nSPS) is 10.3. The van der Waals surface area contributed by atoms with Gasteiger partial charge in [-0.1, -0.05) is 0 Å². The average Bonchev–Trinajstić information content (AvgIpc) is 2.34. The van der Waals surface area contributed by atoms with Gasteiger partial charge in [0.15, 0.2) is 0 Å². The second kappa shape index (κ2) is 5.20. The van der Waals surface area contributed by atoms with E-state index in [0.29, 0.717) is 22.6 Å². The number of hydrogen-bond acceptors (Lipinski definition) is 4. The van der Waals surface area contributed by atoms with Crippen molar-refractivity contribution in [3.8, 4) is 11.6 Å². The van der Waals surface area contributed by atoms with Crippen LogP contribution in [0.2, 0.25) is 0 Å². The zero-order valence-electron chi connectivity index (χ0n) is 8.73. The van der Waals surface area contributed by atoms with Gasteiger partial charge in [-0.05, 0) is 40.2 Å². The minimum absolute atomic E-state index is 0.299. The molecule has 2 N–H and O–H groups in total. The summed E-state index contributed by atoms with van der Waals surface area (Å²) in [6.45, 7) is 0.299. The molecule has 0 radical (unpaired) electrons. The van der Waals surface area contributed by atoms with E-state index in [2.05, 4.69) is 26.1 Å². The van der Waals surface area contributed by atoms with Crippen LogP contribution in [0.1, 0.15) is 5.56 Å². The van der Waals surface area contributed by atoms with E-state index in [1.54, 1.807) is 6.07 Å². The first-order valence-electron chi connectivity index (χ1n) is 4.84. The molecule has 0 fully saturated rings. The van der Waals surface area contributed by atoms with Crippen LogP contribution in [-0.2, 0) is 6.54 Å². The Labute approximate surface area is 106 Å². The SMILES string of the molecule is NCc1ccnnc1Oc1ccc(F)c(Br)c1. The van der Waals surface area contributed by atoms with Gasteiger partial charge >= 0.3 is 0 Å². The van der Waals surface area contributed by atoms with Crippen LogP contribution in [0, 0.1) is 5.82 Å². The standard InChI is InChI=1S/C11H9BrFN3O/c12-9-5-8(1-2-10(9)13)17-11-7(6-14)3-4-15-16-11/h1-5H,6,14H2. The Morgan fingerprint density at radius 3 is 2.88 bits per heavy atom. The molecule has 1 aromatic carbocycles.